The second kappa shape index (κ2) is 8.38. The van der Waals surface area contributed by atoms with Gasteiger partial charge in [0.2, 0.25) is 5.91 Å². The molecule has 1 aromatic carbocycles. The molecule has 0 atom stereocenters. The zero-order chi connectivity index (χ0) is 19.5. The molecule has 0 bridgehead atoms. The standard InChI is InChI=1S/C20H25N5O2S/c1-15-11-16(22-27-15)12-24-7-9-25(10-8-24)14-20(26)23(2)13-19-21-17-5-3-4-6-18(17)28-19/h3-6,11H,7-10,12-14H2,1-2H3. The van der Waals surface area contributed by atoms with Gasteiger partial charge in [-0.05, 0) is 19.1 Å². The maximum Gasteiger partial charge on any atom is 0.236 e. The quantitative estimate of drug-likeness (QED) is 0.634. The molecule has 7 nitrogen and oxygen atoms in total. The average Bonchev–Trinajstić information content (AvgIpc) is 3.28. The Morgan fingerprint density at radius 2 is 1.96 bits per heavy atom. The summed E-state index contributed by atoms with van der Waals surface area (Å²) >= 11 is 1.65. The predicted molar refractivity (Wildman–Crippen MR) is 109 cm³/mol. The van der Waals surface area contributed by atoms with Crippen LogP contribution in [-0.4, -0.2) is 70.5 Å². The lowest BCUT2D eigenvalue weighted by Crippen LogP contribution is -2.49. The van der Waals surface area contributed by atoms with Gasteiger partial charge in [-0.3, -0.25) is 14.6 Å². The van der Waals surface area contributed by atoms with Crippen molar-refractivity contribution in [1.29, 1.82) is 0 Å². The fraction of sp³-hybridized carbons (Fsp3) is 0.450. The van der Waals surface area contributed by atoms with Gasteiger partial charge in [-0.25, -0.2) is 4.98 Å². The van der Waals surface area contributed by atoms with Crippen LogP contribution in [0.4, 0.5) is 0 Å². The molecule has 28 heavy (non-hydrogen) atoms. The number of hydrogen-bond acceptors (Lipinski definition) is 7. The second-order valence-electron chi connectivity index (χ2n) is 7.31. The molecule has 1 aliphatic rings. The third-order valence-electron chi connectivity index (χ3n) is 5.02. The number of aromatic nitrogens is 2. The first-order valence-corrected chi connectivity index (χ1v) is 10.3. The third-order valence-corrected chi connectivity index (χ3v) is 6.04. The number of thiazole rings is 1. The average molecular weight is 400 g/mol. The van der Waals surface area contributed by atoms with Crippen LogP contribution in [0, 0.1) is 6.92 Å². The number of carbonyl (C=O) groups excluding carboxylic acids is 1. The van der Waals surface area contributed by atoms with E-state index in [9.17, 15) is 4.79 Å². The van der Waals surface area contributed by atoms with Gasteiger partial charge >= 0.3 is 0 Å². The molecule has 1 aliphatic heterocycles. The molecule has 1 saturated heterocycles. The molecule has 2 aromatic heterocycles. The number of carbonyl (C=O) groups is 1. The molecule has 148 valence electrons. The van der Waals surface area contributed by atoms with Crippen LogP contribution in [-0.2, 0) is 17.9 Å². The van der Waals surface area contributed by atoms with Crippen molar-refractivity contribution in [2.75, 3.05) is 39.8 Å². The normalized spacial score (nSPS) is 15.9. The molecule has 8 heteroatoms. The maximum atomic E-state index is 12.6. The zero-order valence-electron chi connectivity index (χ0n) is 16.3. The van der Waals surface area contributed by atoms with Gasteiger partial charge < -0.3 is 9.42 Å². The van der Waals surface area contributed by atoms with Crippen molar-refractivity contribution in [2.45, 2.75) is 20.0 Å². The highest BCUT2D eigenvalue weighted by molar-refractivity contribution is 7.18. The van der Waals surface area contributed by atoms with E-state index < -0.39 is 0 Å². The van der Waals surface area contributed by atoms with Crippen molar-refractivity contribution in [1.82, 2.24) is 24.8 Å². The minimum absolute atomic E-state index is 0.139. The molecule has 0 saturated carbocycles. The molecule has 3 heterocycles. The van der Waals surface area contributed by atoms with E-state index in [4.69, 9.17) is 4.52 Å². The zero-order valence-corrected chi connectivity index (χ0v) is 17.1. The van der Waals surface area contributed by atoms with Gasteiger partial charge in [0.25, 0.3) is 0 Å². The monoisotopic (exact) mass is 399 g/mol. The van der Waals surface area contributed by atoms with Gasteiger partial charge in [0.05, 0.1) is 29.0 Å². The highest BCUT2D eigenvalue weighted by Gasteiger charge is 2.21. The number of fused-ring (bicyclic) bond motifs is 1. The van der Waals surface area contributed by atoms with Crippen molar-refractivity contribution in [2.24, 2.45) is 0 Å². The molecule has 3 aromatic rings. The van der Waals surface area contributed by atoms with Crippen molar-refractivity contribution in [3.05, 3.63) is 46.8 Å². The van der Waals surface area contributed by atoms with Gasteiger partial charge in [0.1, 0.15) is 10.8 Å². The summed E-state index contributed by atoms with van der Waals surface area (Å²) in [6, 6.07) is 10.1. The molecule has 0 radical (unpaired) electrons. The van der Waals surface area contributed by atoms with Gasteiger partial charge in [-0.2, -0.15) is 0 Å². The third kappa shape index (κ3) is 4.57. The summed E-state index contributed by atoms with van der Waals surface area (Å²) in [5.41, 5.74) is 1.97. The minimum atomic E-state index is 0.139. The number of aryl methyl sites for hydroxylation is 1. The molecular weight excluding hydrogens is 374 g/mol. The van der Waals surface area contributed by atoms with Crippen LogP contribution in [0.3, 0.4) is 0 Å². The number of amides is 1. The summed E-state index contributed by atoms with van der Waals surface area (Å²) in [5.74, 6) is 0.982. The van der Waals surface area contributed by atoms with Crippen LogP contribution in [0.2, 0.25) is 0 Å². The first-order chi connectivity index (χ1) is 13.6. The van der Waals surface area contributed by atoms with Crippen molar-refractivity contribution >= 4 is 27.5 Å². The minimum Gasteiger partial charge on any atom is -0.361 e. The lowest BCUT2D eigenvalue weighted by atomic mass is 10.2. The summed E-state index contributed by atoms with van der Waals surface area (Å²) < 4.78 is 6.30. The smallest absolute Gasteiger partial charge is 0.236 e. The van der Waals surface area contributed by atoms with Crippen LogP contribution in [0.15, 0.2) is 34.9 Å². The van der Waals surface area contributed by atoms with E-state index in [0.29, 0.717) is 13.1 Å². The van der Waals surface area contributed by atoms with Gasteiger partial charge in [-0.1, -0.05) is 17.3 Å². The Labute approximate surface area is 168 Å². The van der Waals surface area contributed by atoms with Gasteiger partial charge in [0.15, 0.2) is 0 Å². The number of likely N-dealkylation sites (N-methyl/N-ethyl adjacent to an activating group) is 1. The fourth-order valence-electron chi connectivity index (χ4n) is 3.42. The Kier molecular flexibility index (Phi) is 5.70. The fourth-order valence-corrected chi connectivity index (χ4v) is 4.44. The highest BCUT2D eigenvalue weighted by Crippen LogP contribution is 2.22. The predicted octanol–water partition coefficient (Wildman–Crippen LogP) is 2.37. The summed E-state index contributed by atoms with van der Waals surface area (Å²) in [6.45, 7) is 7.36. The topological polar surface area (TPSA) is 65.7 Å². The first kappa shape index (κ1) is 19.0. The highest BCUT2D eigenvalue weighted by atomic mass is 32.1. The van der Waals surface area contributed by atoms with E-state index in [1.54, 1.807) is 16.2 Å². The van der Waals surface area contributed by atoms with E-state index in [1.165, 1.54) is 0 Å². The summed E-state index contributed by atoms with van der Waals surface area (Å²) in [4.78, 5) is 23.6. The van der Waals surface area contributed by atoms with Crippen molar-refractivity contribution in [3.63, 3.8) is 0 Å². The largest absolute Gasteiger partial charge is 0.361 e. The van der Waals surface area contributed by atoms with Crippen LogP contribution in [0.1, 0.15) is 16.5 Å². The number of nitrogens with zero attached hydrogens (tertiary/aromatic N) is 5. The maximum absolute atomic E-state index is 12.6. The summed E-state index contributed by atoms with van der Waals surface area (Å²) in [7, 11) is 1.86. The Bertz CT molecular complexity index is 912. The molecule has 4 rings (SSSR count). The molecule has 0 unspecified atom stereocenters. The van der Waals surface area contributed by atoms with Crippen LogP contribution >= 0.6 is 11.3 Å². The number of para-hydroxylation sites is 1. The van der Waals surface area contributed by atoms with Crippen LogP contribution in [0.25, 0.3) is 10.2 Å². The summed E-state index contributed by atoms with van der Waals surface area (Å²) in [6.07, 6.45) is 0. The molecule has 0 N–H and O–H groups in total. The van der Waals surface area contributed by atoms with Crippen LogP contribution < -0.4 is 0 Å². The molecule has 1 amide bonds. The lowest BCUT2D eigenvalue weighted by molar-refractivity contribution is -0.132. The molecule has 0 aliphatic carbocycles. The number of benzene rings is 1. The Morgan fingerprint density at radius 3 is 2.68 bits per heavy atom. The van der Waals surface area contributed by atoms with E-state index in [1.807, 2.05) is 38.2 Å². The van der Waals surface area contributed by atoms with Crippen molar-refractivity contribution < 1.29 is 9.32 Å². The molecule has 0 spiro atoms. The first-order valence-electron chi connectivity index (χ1n) is 9.52. The van der Waals surface area contributed by atoms with E-state index >= 15 is 0 Å². The van der Waals surface area contributed by atoms with Gasteiger partial charge in [-0.15, -0.1) is 11.3 Å². The lowest BCUT2D eigenvalue weighted by Gasteiger charge is -2.34. The SMILES string of the molecule is Cc1cc(CN2CCN(CC(=O)N(C)Cc3nc4ccccc4s3)CC2)no1. The van der Waals surface area contributed by atoms with Crippen molar-refractivity contribution in [3.8, 4) is 0 Å². The Morgan fingerprint density at radius 1 is 1.21 bits per heavy atom. The summed E-state index contributed by atoms with van der Waals surface area (Å²) in [5, 5.41) is 5.04. The Balaban J connectivity index is 1.24. The van der Waals surface area contributed by atoms with E-state index in [-0.39, 0.29) is 5.91 Å². The second-order valence-corrected chi connectivity index (χ2v) is 8.42. The molecular formula is C20H25N5O2S. The van der Waals surface area contributed by atoms with E-state index in [0.717, 1.165) is 59.4 Å². The molecule has 1 fully saturated rings. The van der Waals surface area contributed by atoms with Gasteiger partial charge in [0, 0.05) is 45.8 Å². The number of rotatable bonds is 6. The Hall–Kier alpha value is -2.29. The van der Waals surface area contributed by atoms with Crippen LogP contribution in [0.5, 0.6) is 0 Å². The number of hydrogen-bond donors (Lipinski definition) is 0. The number of piperazine rings is 1. The van der Waals surface area contributed by atoms with E-state index in [2.05, 4.69) is 26.0 Å².